The SMILES string of the molecule is COC(=O)c1ccc(C2NC(=O)C(=O)/C2=C(\O)c2ccc(Cl)cc2)cc1. The molecule has 1 atom stereocenters. The Morgan fingerprint density at radius 2 is 1.62 bits per heavy atom. The van der Waals surface area contributed by atoms with Gasteiger partial charge < -0.3 is 15.2 Å². The quantitative estimate of drug-likeness (QED) is 0.374. The van der Waals surface area contributed by atoms with E-state index in [0.717, 1.165) is 0 Å². The predicted molar refractivity (Wildman–Crippen MR) is 94.7 cm³/mol. The first-order chi connectivity index (χ1) is 12.4. The van der Waals surface area contributed by atoms with Gasteiger partial charge in [0.05, 0.1) is 24.3 Å². The number of Topliss-reactive ketones (excluding diaryl/α,β-unsaturated/α-hetero) is 1. The molecule has 1 saturated heterocycles. The summed E-state index contributed by atoms with van der Waals surface area (Å²) < 4.78 is 4.64. The summed E-state index contributed by atoms with van der Waals surface area (Å²) in [6.07, 6.45) is 0. The number of methoxy groups -OCH3 is 1. The second-order valence-corrected chi connectivity index (χ2v) is 6.05. The van der Waals surface area contributed by atoms with Crippen LogP contribution < -0.4 is 5.32 Å². The number of rotatable bonds is 3. The summed E-state index contributed by atoms with van der Waals surface area (Å²) in [4.78, 5) is 35.7. The minimum atomic E-state index is -0.822. The van der Waals surface area contributed by atoms with Gasteiger partial charge in [0.1, 0.15) is 5.76 Å². The summed E-state index contributed by atoms with van der Waals surface area (Å²) in [5.74, 6) is -2.41. The van der Waals surface area contributed by atoms with E-state index in [1.807, 2.05) is 0 Å². The highest BCUT2D eigenvalue weighted by atomic mass is 35.5. The van der Waals surface area contributed by atoms with Gasteiger partial charge in [-0.25, -0.2) is 4.79 Å². The molecule has 0 spiro atoms. The lowest BCUT2D eigenvalue weighted by Gasteiger charge is -2.14. The number of hydrogen-bond acceptors (Lipinski definition) is 5. The smallest absolute Gasteiger partial charge is 0.337 e. The van der Waals surface area contributed by atoms with Crippen molar-refractivity contribution in [1.82, 2.24) is 5.32 Å². The molecule has 7 heteroatoms. The molecule has 26 heavy (non-hydrogen) atoms. The second-order valence-electron chi connectivity index (χ2n) is 5.62. The molecular formula is C19H14ClNO5. The summed E-state index contributed by atoms with van der Waals surface area (Å²) in [5.41, 5.74) is 1.19. The number of nitrogens with one attached hydrogen (secondary N) is 1. The second kappa shape index (κ2) is 7.01. The number of halogens is 1. The van der Waals surface area contributed by atoms with Crippen LogP contribution in [0.2, 0.25) is 5.02 Å². The maximum Gasteiger partial charge on any atom is 0.337 e. The van der Waals surface area contributed by atoms with Crippen LogP contribution in [-0.2, 0) is 14.3 Å². The molecule has 2 aromatic rings. The number of benzene rings is 2. The number of aliphatic hydroxyl groups excluding tert-OH is 1. The van der Waals surface area contributed by atoms with Gasteiger partial charge in [0, 0.05) is 10.6 Å². The Hall–Kier alpha value is -3.12. The Balaban J connectivity index is 2.03. The van der Waals surface area contributed by atoms with Gasteiger partial charge in [-0.05, 0) is 42.0 Å². The number of hydrogen-bond donors (Lipinski definition) is 2. The molecule has 0 aliphatic carbocycles. The molecule has 0 aromatic heterocycles. The zero-order valence-electron chi connectivity index (χ0n) is 13.7. The van der Waals surface area contributed by atoms with Crippen LogP contribution in [0, 0.1) is 0 Å². The lowest BCUT2D eigenvalue weighted by molar-refractivity contribution is -0.133. The van der Waals surface area contributed by atoms with E-state index in [9.17, 15) is 19.5 Å². The van der Waals surface area contributed by atoms with Gasteiger partial charge in [-0.3, -0.25) is 9.59 Å². The lowest BCUT2D eigenvalue weighted by atomic mass is 9.95. The highest BCUT2D eigenvalue weighted by Gasteiger charge is 2.39. The minimum Gasteiger partial charge on any atom is -0.507 e. The van der Waals surface area contributed by atoms with Gasteiger partial charge in [-0.2, -0.15) is 0 Å². The first kappa shape index (κ1) is 17.7. The van der Waals surface area contributed by atoms with Crippen LogP contribution in [0.5, 0.6) is 0 Å². The molecular weight excluding hydrogens is 358 g/mol. The molecule has 0 radical (unpaired) electrons. The van der Waals surface area contributed by atoms with E-state index in [4.69, 9.17) is 11.6 Å². The van der Waals surface area contributed by atoms with Crippen molar-refractivity contribution in [2.75, 3.05) is 7.11 Å². The molecule has 6 nitrogen and oxygen atoms in total. The van der Waals surface area contributed by atoms with E-state index in [0.29, 0.717) is 21.7 Å². The fourth-order valence-corrected chi connectivity index (χ4v) is 2.84. The van der Waals surface area contributed by atoms with Crippen LogP contribution >= 0.6 is 11.6 Å². The van der Waals surface area contributed by atoms with Gasteiger partial charge >= 0.3 is 5.97 Å². The average molecular weight is 372 g/mol. The largest absolute Gasteiger partial charge is 0.507 e. The molecule has 2 aromatic carbocycles. The summed E-state index contributed by atoms with van der Waals surface area (Å²) in [6, 6.07) is 11.6. The molecule has 3 rings (SSSR count). The van der Waals surface area contributed by atoms with Crippen molar-refractivity contribution in [3.8, 4) is 0 Å². The lowest BCUT2D eigenvalue weighted by Crippen LogP contribution is -2.21. The average Bonchev–Trinajstić information content (AvgIpc) is 2.96. The fourth-order valence-electron chi connectivity index (χ4n) is 2.71. The maximum atomic E-state index is 12.3. The van der Waals surface area contributed by atoms with Crippen LogP contribution in [0.3, 0.4) is 0 Å². The van der Waals surface area contributed by atoms with Gasteiger partial charge in [0.2, 0.25) is 0 Å². The molecule has 1 fully saturated rings. The molecule has 1 aliphatic heterocycles. The van der Waals surface area contributed by atoms with Crippen molar-refractivity contribution in [2.45, 2.75) is 6.04 Å². The number of ketones is 1. The zero-order valence-corrected chi connectivity index (χ0v) is 14.4. The Morgan fingerprint density at radius 1 is 1.04 bits per heavy atom. The summed E-state index contributed by atoms with van der Waals surface area (Å²) in [6.45, 7) is 0. The predicted octanol–water partition coefficient (Wildman–Crippen LogP) is 2.84. The normalized spacial score (nSPS) is 18.5. The topological polar surface area (TPSA) is 92.7 Å². The molecule has 2 N–H and O–H groups in total. The van der Waals surface area contributed by atoms with Crippen molar-refractivity contribution < 1.29 is 24.2 Å². The molecule has 1 heterocycles. The van der Waals surface area contributed by atoms with Crippen LogP contribution in [0.15, 0.2) is 54.1 Å². The molecule has 132 valence electrons. The van der Waals surface area contributed by atoms with Crippen LogP contribution in [0.25, 0.3) is 5.76 Å². The van der Waals surface area contributed by atoms with E-state index in [2.05, 4.69) is 10.1 Å². The van der Waals surface area contributed by atoms with Crippen LogP contribution in [0.1, 0.15) is 27.5 Å². The Morgan fingerprint density at radius 3 is 2.19 bits per heavy atom. The first-order valence-corrected chi connectivity index (χ1v) is 8.02. The van der Waals surface area contributed by atoms with E-state index >= 15 is 0 Å². The van der Waals surface area contributed by atoms with E-state index < -0.39 is 23.7 Å². The van der Waals surface area contributed by atoms with Gasteiger partial charge in [-0.1, -0.05) is 23.7 Å². The number of ether oxygens (including phenoxy) is 1. The summed E-state index contributed by atoms with van der Waals surface area (Å²) in [7, 11) is 1.27. The third-order valence-corrected chi connectivity index (χ3v) is 4.30. The Kier molecular flexibility index (Phi) is 4.77. The molecule has 0 bridgehead atoms. The number of esters is 1. The fraction of sp³-hybridized carbons (Fsp3) is 0.105. The third kappa shape index (κ3) is 3.19. The summed E-state index contributed by atoms with van der Waals surface area (Å²) >= 11 is 5.84. The van der Waals surface area contributed by atoms with Crippen molar-refractivity contribution >= 4 is 35.0 Å². The Labute approximate surface area is 154 Å². The van der Waals surface area contributed by atoms with Gasteiger partial charge in [0.15, 0.2) is 0 Å². The number of aliphatic hydroxyl groups is 1. The van der Waals surface area contributed by atoms with E-state index in [1.54, 1.807) is 36.4 Å². The van der Waals surface area contributed by atoms with Crippen molar-refractivity contribution in [3.63, 3.8) is 0 Å². The van der Waals surface area contributed by atoms with Crippen LogP contribution in [-0.4, -0.2) is 29.9 Å². The van der Waals surface area contributed by atoms with Gasteiger partial charge in [0.25, 0.3) is 11.7 Å². The third-order valence-electron chi connectivity index (χ3n) is 4.05. The molecule has 0 saturated carbocycles. The minimum absolute atomic E-state index is 0.0526. The van der Waals surface area contributed by atoms with Crippen molar-refractivity contribution in [1.29, 1.82) is 0 Å². The van der Waals surface area contributed by atoms with E-state index in [1.165, 1.54) is 19.2 Å². The number of amides is 1. The highest BCUT2D eigenvalue weighted by Crippen LogP contribution is 2.33. The highest BCUT2D eigenvalue weighted by molar-refractivity contribution is 6.46. The first-order valence-electron chi connectivity index (χ1n) is 7.65. The molecule has 1 aliphatic rings. The van der Waals surface area contributed by atoms with Gasteiger partial charge in [-0.15, -0.1) is 0 Å². The van der Waals surface area contributed by atoms with Crippen molar-refractivity contribution in [3.05, 3.63) is 75.8 Å². The van der Waals surface area contributed by atoms with Crippen LogP contribution in [0.4, 0.5) is 0 Å². The maximum absolute atomic E-state index is 12.3. The monoisotopic (exact) mass is 371 g/mol. The standard InChI is InChI=1S/C19H14ClNO5/c1-26-19(25)12-4-2-10(3-5-12)15-14(17(23)18(24)21-15)16(22)11-6-8-13(20)9-7-11/h2-9,15,22H,1H3,(H,21,24)/b16-14-. The summed E-state index contributed by atoms with van der Waals surface area (Å²) in [5, 5.41) is 13.6. The van der Waals surface area contributed by atoms with Crippen molar-refractivity contribution in [2.24, 2.45) is 0 Å². The number of carbonyl (C=O) groups excluding carboxylic acids is 3. The molecule has 1 unspecified atom stereocenters. The zero-order chi connectivity index (χ0) is 18.8. The Bertz CT molecular complexity index is 916. The van der Waals surface area contributed by atoms with E-state index in [-0.39, 0.29) is 11.3 Å². The molecule has 1 amide bonds. The number of carbonyl (C=O) groups is 3.